The van der Waals surface area contributed by atoms with E-state index in [4.69, 9.17) is 5.11 Å². The van der Waals surface area contributed by atoms with E-state index in [9.17, 15) is 19.2 Å². The molecular weight excluding hydrogens is 336 g/mol. The number of imide groups is 2. The van der Waals surface area contributed by atoms with Gasteiger partial charge in [-0.25, -0.2) is 0 Å². The van der Waals surface area contributed by atoms with Crippen molar-refractivity contribution in [3.8, 4) is 0 Å². The van der Waals surface area contributed by atoms with Crippen molar-refractivity contribution in [2.75, 3.05) is 6.61 Å². The maximum atomic E-state index is 12.9. The van der Waals surface area contributed by atoms with E-state index in [1.165, 1.54) is 0 Å². The van der Waals surface area contributed by atoms with Gasteiger partial charge in [0.2, 0.25) is 11.8 Å². The first-order chi connectivity index (χ1) is 12.5. The van der Waals surface area contributed by atoms with Gasteiger partial charge < -0.3 is 5.11 Å². The van der Waals surface area contributed by atoms with Crippen molar-refractivity contribution in [2.24, 2.45) is 0 Å². The van der Waals surface area contributed by atoms with Crippen LogP contribution in [0.15, 0.2) is 18.2 Å². The molecule has 2 aliphatic heterocycles. The van der Waals surface area contributed by atoms with E-state index >= 15 is 0 Å². The van der Waals surface area contributed by atoms with Gasteiger partial charge >= 0.3 is 0 Å². The summed E-state index contributed by atoms with van der Waals surface area (Å²) < 4.78 is 0. The van der Waals surface area contributed by atoms with Crippen LogP contribution in [0.4, 0.5) is 0 Å². The highest BCUT2D eigenvalue weighted by Gasteiger charge is 2.45. The number of nitrogens with one attached hydrogen (secondary N) is 1. The van der Waals surface area contributed by atoms with Crippen LogP contribution >= 0.6 is 0 Å². The van der Waals surface area contributed by atoms with Gasteiger partial charge in [-0.15, -0.1) is 0 Å². The molecule has 2 N–H and O–H groups in total. The molecular formula is C19H22N2O5. The molecule has 0 aromatic heterocycles. The zero-order valence-electron chi connectivity index (χ0n) is 14.5. The van der Waals surface area contributed by atoms with E-state index in [0.717, 1.165) is 36.1 Å². The molecule has 3 rings (SSSR count). The minimum absolute atomic E-state index is 0.113. The summed E-state index contributed by atoms with van der Waals surface area (Å²) in [6.45, 7) is 0.175. The van der Waals surface area contributed by atoms with Crippen molar-refractivity contribution >= 4 is 23.6 Å². The Kier molecular flexibility index (Phi) is 5.46. The summed E-state index contributed by atoms with van der Waals surface area (Å²) in [6.07, 6.45) is 4.40. The molecule has 0 aliphatic carbocycles. The van der Waals surface area contributed by atoms with Crippen LogP contribution in [0.3, 0.4) is 0 Å². The highest BCUT2D eigenvalue weighted by atomic mass is 16.3. The summed E-state index contributed by atoms with van der Waals surface area (Å²) in [5.41, 5.74) is 1.51. The number of aliphatic hydroxyl groups is 1. The van der Waals surface area contributed by atoms with Crippen molar-refractivity contribution in [2.45, 2.75) is 51.0 Å². The van der Waals surface area contributed by atoms with E-state index in [0.29, 0.717) is 17.5 Å². The molecule has 1 fully saturated rings. The number of amides is 4. The molecule has 0 saturated carbocycles. The number of nitrogens with zero attached hydrogens (tertiary/aromatic N) is 1. The third-order valence-electron chi connectivity index (χ3n) is 4.91. The normalized spacial score (nSPS) is 19.7. The number of piperidine rings is 1. The van der Waals surface area contributed by atoms with Crippen LogP contribution in [0.2, 0.25) is 0 Å². The van der Waals surface area contributed by atoms with Crippen molar-refractivity contribution in [1.29, 1.82) is 0 Å². The fourth-order valence-electron chi connectivity index (χ4n) is 3.57. The minimum atomic E-state index is -0.933. The monoisotopic (exact) mass is 358 g/mol. The highest BCUT2D eigenvalue weighted by molar-refractivity contribution is 6.24. The highest BCUT2D eigenvalue weighted by Crippen LogP contribution is 2.30. The largest absolute Gasteiger partial charge is 0.396 e. The number of carbonyl (C=O) groups excluding carboxylic acids is 4. The number of rotatable bonds is 7. The van der Waals surface area contributed by atoms with Crippen LogP contribution in [0.5, 0.6) is 0 Å². The molecule has 0 radical (unpaired) electrons. The van der Waals surface area contributed by atoms with Gasteiger partial charge in [0.1, 0.15) is 6.04 Å². The van der Waals surface area contributed by atoms with Crippen molar-refractivity contribution in [1.82, 2.24) is 10.2 Å². The van der Waals surface area contributed by atoms with E-state index in [2.05, 4.69) is 5.32 Å². The van der Waals surface area contributed by atoms with Gasteiger partial charge in [0.25, 0.3) is 11.8 Å². The Hall–Kier alpha value is -2.54. The first-order valence-corrected chi connectivity index (χ1v) is 8.99. The number of hydrogen-bond donors (Lipinski definition) is 2. The molecule has 0 spiro atoms. The molecule has 2 aliphatic rings. The van der Waals surface area contributed by atoms with Crippen molar-refractivity contribution < 1.29 is 24.3 Å². The predicted octanol–water partition coefficient (Wildman–Crippen LogP) is 1.18. The lowest BCUT2D eigenvalue weighted by atomic mass is 9.98. The van der Waals surface area contributed by atoms with Crippen LogP contribution in [0, 0.1) is 0 Å². The smallest absolute Gasteiger partial charge is 0.262 e. The molecule has 1 aromatic carbocycles. The first-order valence-electron chi connectivity index (χ1n) is 8.99. The molecule has 26 heavy (non-hydrogen) atoms. The molecule has 1 unspecified atom stereocenters. The zero-order valence-corrected chi connectivity index (χ0v) is 14.5. The van der Waals surface area contributed by atoms with Gasteiger partial charge in [-0.3, -0.25) is 29.4 Å². The molecule has 2 heterocycles. The third-order valence-corrected chi connectivity index (χ3v) is 4.91. The Labute approximate surface area is 151 Å². The number of benzene rings is 1. The SMILES string of the molecule is O=C1CCC(N2C(=O)c3cccc(CCCCCCO)c3C2=O)C(=O)N1. The molecule has 7 nitrogen and oxygen atoms in total. The van der Waals surface area contributed by atoms with Crippen LogP contribution in [0.25, 0.3) is 0 Å². The number of aliphatic hydroxyl groups excluding tert-OH is 1. The van der Waals surface area contributed by atoms with E-state index in [1.54, 1.807) is 12.1 Å². The molecule has 7 heteroatoms. The first kappa shape index (κ1) is 18.3. The van der Waals surface area contributed by atoms with Crippen LogP contribution in [0.1, 0.15) is 64.8 Å². The Morgan fingerprint density at radius 2 is 1.81 bits per heavy atom. The predicted molar refractivity (Wildman–Crippen MR) is 92.4 cm³/mol. The molecule has 1 aromatic rings. The van der Waals surface area contributed by atoms with Gasteiger partial charge in [0.05, 0.1) is 11.1 Å². The Morgan fingerprint density at radius 3 is 2.54 bits per heavy atom. The minimum Gasteiger partial charge on any atom is -0.396 e. The number of carbonyl (C=O) groups is 4. The summed E-state index contributed by atoms with van der Waals surface area (Å²) in [5.74, 6) is -1.90. The Balaban J connectivity index is 1.78. The Bertz CT molecular complexity index is 758. The molecule has 138 valence electrons. The second kappa shape index (κ2) is 7.78. The molecule has 4 amide bonds. The fraction of sp³-hybridized carbons (Fsp3) is 0.474. The fourth-order valence-corrected chi connectivity index (χ4v) is 3.57. The average Bonchev–Trinajstić information content (AvgIpc) is 2.87. The second-order valence-corrected chi connectivity index (χ2v) is 6.67. The molecule has 0 bridgehead atoms. The molecule has 1 atom stereocenters. The van der Waals surface area contributed by atoms with E-state index < -0.39 is 23.8 Å². The quantitative estimate of drug-likeness (QED) is 0.563. The van der Waals surface area contributed by atoms with Crippen LogP contribution in [-0.2, 0) is 16.0 Å². The zero-order chi connectivity index (χ0) is 18.7. The van der Waals surface area contributed by atoms with Crippen LogP contribution in [-0.4, -0.2) is 46.3 Å². The van der Waals surface area contributed by atoms with Crippen molar-refractivity contribution in [3.05, 3.63) is 34.9 Å². The summed E-state index contributed by atoms with van der Waals surface area (Å²) >= 11 is 0. The number of fused-ring (bicyclic) bond motifs is 1. The summed E-state index contributed by atoms with van der Waals surface area (Å²) in [7, 11) is 0. The standard InChI is InChI=1S/C19H22N2O5/c22-11-4-2-1-3-6-12-7-5-8-13-16(12)19(26)21(18(13)25)14-9-10-15(23)20-17(14)24/h5,7-8,14,22H,1-4,6,9-11H2,(H,20,23,24). The lowest BCUT2D eigenvalue weighted by Crippen LogP contribution is -2.54. The lowest BCUT2D eigenvalue weighted by Gasteiger charge is -2.27. The summed E-state index contributed by atoms with van der Waals surface area (Å²) in [4.78, 5) is 50.0. The van der Waals surface area contributed by atoms with Crippen molar-refractivity contribution in [3.63, 3.8) is 0 Å². The third kappa shape index (κ3) is 3.39. The summed E-state index contributed by atoms with van der Waals surface area (Å²) in [6, 6.07) is 4.26. The van der Waals surface area contributed by atoms with Gasteiger partial charge in [0, 0.05) is 13.0 Å². The van der Waals surface area contributed by atoms with Gasteiger partial charge in [-0.1, -0.05) is 25.0 Å². The van der Waals surface area contributed by atoms with E-state index in [-0.39, 0.29) is 25.4 Å². The average molecular weight is 358 g/mol. The topological polar surface area (TPSA) is 104 Å². The van der Waals surface area contributed by atoms with Gasteiger partial charge in [-0.2, -0.15) is 0 Å². The molecule has 1 saturated heterocycles. The van der Waals surface area contributed by atoms with E-state index in [1.807, 2.05) is 6.07 Å². The van der Waals surface area contributed by atoms with Gasteiger partial charge in [0.15, 0.2) is 0 Å². The summed E-state index contributed by atoms with van der Waals surface area (Å²) in [5, 5.41) is 11.0. The second-order valence-electron chi connectivity index (χ2n) is 6.67. The Morgan fingerprint density at radius 1 is 1.04 bits per heavy atom. The number of aryl methyl sites for hydroxylation is 1. The van der Waals surface area contributed by atoms with Crippen LogP contribution < -0.4 is 5.32 Å². The maximum Gasteiger partial charge on any atom is 0.262 e. The number of hydrogen-bond acceptors (Lipinski definition) is 5. The van der Waals surface area contributed by atoms with Gasteiger partial charge in [-0.05, 0) is 37.3 Å². The lowest BCUT2D eigenvalue weighted by molar-refractivity contribution is -0.136. The number of unbranched alkanes of at least 4 members (excludes halogenated alkanes) is 3. The maximum absolute atomic E-state index is 12.9.